The zero-order chi connectivity index (χ0) is 29.8. The highest BCUT2D eigenvalue weighted by atomic mass is 32.1. The van der Waals surface area contributed by atoms with Crippen LogP contribution >= 0.6 is 22.7 Å². The second-order valence-corrected chi connectivity index (χ2v) is 11.4. The molecule has 1 N–H and O–H groups in total. The van der Waals surface area contributed by atoms with Crippen molar-refractivity contribution in [3.63, 3.8) is 0 Å². The van der Waals surface area contributed by atoms with Gasteiger partial charge in [-0.1, -0.05) is 43.4 Å². The number of ether oxygens (including phenoxy) is 3. The number of ketones is 1. The Balaban J connectivity index is 1.85. The Hall–Kier alpha value is -4.03. The summed E-state index contributed by atoms with van der Waals surface area (Å²) in [5.41, 5.74) is 1.20. The van der Waals surface area contributed by atoms with Crippen molar-refractivity contribution >= 4 is 45.5 Å². The van der Waals surface area contributed by atoms with E-state index in [1.54, 1.807) is 39.0 Å². The third-order valence-electron chi connectivity index (χ3n) is 6.33. The van der Waals surface area contributed by atoms with Crippen LogP contribution in [0.2, 0.25) is 0 Å². The molecule has 216 valence electrons. The molecule has 0 saturated heterocycles. The Morgan fingerprint density at radius 1 is 1.12 bits per heavy atom. The number of hydrogen-bond donors (Lipinski definition) is 1. The minimum Gasteiger partial charge on any atom is -0.503 e. The molecule has 0 bridgehead atoms. The zero-order valence-corrected chi connectivity index (χ0v) is 25.1. The smallest absolute Gasteiger partial charge is 0.350 e. The van der Waals surface area contributed by atoms with Crippen LogP contribution in [0.4, 0.5) is 5.13 Å². The summed E-state index contributed by atoms with van der Waals surface area (Å²) in [6, 6.07) is 4.02. The van der Waals surface area contributed by atoms with Crippen LogP contribution in [0.25, 0.3) is 0 Å². The number of thiazole rings is 2. The largest absolute Gasteiger partial charge is 0.503 e. The molecule has 1 aliphatic rings. The van der Waals surface area contributed by atoms with Crippen molar-refractivity contribution in [3.8, 4) is 11.5 Å². The van der Waals surface area contributed by atoms with E-state index in [1.165, 1.54) is 29.4 Å². The van der Waals surface area contributed by atoms with Crippen molar-refractivity contribution in [2.75, 3.05) is 25.2 Å². The summed E-state index contributed by atoms with van der Waals surface area (Å²) in [5, 5.41) is 11.9. The van der Waals surface area contributed by atoms with Crippen molar-refractivity contribution in [1.82, 2.24) is 9.97 Å². The van der Waals surface area contributed by atoms with Gasteiger partial charge in [-0.05, 0) is 44.9 Å². The molecule has 41 heavy (non-hydrogen) atoms. The lowest BCUT2D eigenvalue weighted by Crippen LogP contribution is -2.31. The maximum absolute atomic E-state index is 13.9. The van der Waals surface area contributed by atoms with E-state index >= 15 is 0 Å². The Morgan fingerprint density at radius 3 is 2.49 bits per heavy atom. The van der Waals surface area contributed by atoms with Gasteiger partial charge < -0.3 is 19.3 Å². The van der Waals surface area contributed by atoms with Gasteiger partial charge in [-0.25, -0.2) is 14.8 Å². The highest BCUT2D eigenvalue weighted by Crippen LogP contribution is 2.46. The van der Waals surface area contributed by atoms with Crippen LogP contribution in [0.5, 0.6) is 11.5 Å². The minimum absolute atomic E-state index is 0.0118. The average molecular weight is 598 g/mol. The second kappa shape index (κ2) is 12.6. The van der Waals surface area contributed by atoms with Gasteiger partial charge in [0.05, 0.1) is 46.6 Å². The number of methoxy groups -OCH3 is 1. The molecule has 1 atom stereocenters. The van der Waals surface area contributed by atoms with E-state index in [0.29, 0.717) is 44.9 Å². The third-order valence-corrected chi connectivity index (χ3v) is 8.54. The highest BCUT2D eigenvalue weighted by Gasteiger charge is 2.47. The summed E-state index contributed by atoms with van der Waals surface area (Å²) in [5.74, 6) is -1.75. The van der Waals surface area contributed by atoms with E-state index in [2.05, 4.69) is 23.5 Å². The Morgan fingerprint density at radius 2 is 1.85 bits per heavy atom. The van der Waals surface area contributed by atoms with Crippen LogP contribution in [0.15, 0.2) is 42.2 Å². The zero-order valence-electron chi connectivity index (χ0n) is 23.5. The first-order chi connectivity index (χ1) is 19.6. The fourth-order valence-corrected chi connectivity index (χ4v) is 6.25. The van der Waals surface area contributed by atoms with Crippen LogP contribution in [-0.4, -0.2) is 53.1 Å². The molecular formula is C29H31N3O7S2. The average Bonchev–Trinajstić information content (AvgIpc) is 3.59. The quantitative estimate of drug-likeness (QED) is 0.119. The molecule has 1 unspecified atom stereocenters. The molecule has 3 heterocycles. The second-order valence-electron chi connectivity index (χ2n) is 9.23. The molecule has 12 heteroatoms. The molecule has 0 radical (unpaired) electrons. The lowest BCUT2D eigenvalue weighted by Gasteiger charge is -2.25. The normalized spacial score (nSPS) is 14.9. The topological polar surface area (TPSA) is 128 Å². The number of Topliss-reactive ketones (excluding diaryl/α,β-unsaturated/α-hetero) is 1. The summed E-state index contributed by atoms with van der Waals surface area (Å²) in [4.78, 5) is 50.7. The molecule has 0 spiro atoms. The fourth-order valence-electron chi connectivity index (χ4n) is 4.39. The molecule has 0 fully saturated rings. The van der Waals surface area contributed by atoms with Crippen molar-refractivity contribution in [3.05, 3.63) is 73.9 Å². The standard InChI is InChI=1S/C29H31N3O7S2/c1-7-9-13-38-19-11-10-18(14-20(19)37-6)22-21(23(33)25-15(3)30-17(5)40-25)24(34)27(35)32(22)29-31-16(4)26(41-29)28(36)39-12-8-2/h8,10-11,14,22,34H,2,7,9,12-13H2,1,3-6H3. The molecule has 4 rings (SSSR count). The molecule has 2 aromatic heterocycles. The summed E-state index contributed by atoms with van der Waals surface area (Å²) in [6.45, 7) is 11.2. The number of aryl methyl sites for hydroxylation is 3. The molecule has 1 aromatic carbocycles. The number of carbonyl (C=O) groups is 3. The first kappa shape index (κ1) is 29.9. The number of carbonyl (C=O) groups excluding carboxylic acids is 3. The van der Waals surface area contributed by atoms with Gasteiger partial charge in [0.25, 0.3) is 5.91 Å². The van der Waals surface area contributed by atoms with Crippen molar-refractivity contribution in [2.24, 2.45) is 0 Å². The number of esters is 1. The van der Waals surface area contributed by atoms with Gasteiger partial charge in [0.15, 0.2) is 22.4 Å². The van der Waals surface area contributed by atoms with Crippen molar-refractivity contribution in [1.29, 1.82) is 0 Å². The lowest BCUT2D eigenvalue weighted by molar-refractivity contribution is -0.117. The summed E-state index contributed by atoms with van der Waals surface area (Å²) in [6.07, 6.45) is 3.27. The fraction of sp³-hybridized carbons (Fsp3) is 0.345. The Bertz CT molecular complexity index is 1540. The van der Waals surface area contributed by atoms with Gasteiger partial charge in [-0.15, -0.1) is 11.3 Å². The maximum atomic E-state index is 13.9. The summed E-state index contributed by atoms with van der Waals surface area (Å²) < 4.78 is 16.6. The molecule has 0 aliphatic carbocycles. The number of aromatic nitrogens is 2. The van der Waals surface area contributed by atoms with Gasteiger partial charge in [-0.2, -0.15) is 0 Å². The monoisotopic (exact) mass is 597 g/mol. The number of nitrogens with zero attached hydrogens (tertiary/aromatic N) is 3. The summed E-state index contributed by atoms with van der Waals surface area (Å²) in [7, 11) is 1.50. The first-order valence-electron chi connectivity index (χ1n) is 12.9. The van der Waals surface area contributed by atoms with E-state index < -0.39 is 29.5 Å². The molecule has 1 aliphatic heterocycles. The van der Waals surface area contributed by atoms with Crippen molar-refractivity contribution in [2.45, 2.75) is 46.6 Å². The van der Waals surface area contributed by atoms with Crippen LogP contribution in [0, 0.1) is 20.8 Å². The molecule has 3 aromatic rings. The van der Waals surface area contributed by atoms with Gasteiger partial charge >= 0.3 is 5.97 Å². The van der Waals surface area contributed by atoms with E-state index in [4.69, 9.17) is 14.2 Å². The SMILES string of the molecule is C=CCOC(=O)c1sc(N2C(=O)C(O)=C(C(=O)c3sc(C)nc3C)C2c2ccc(OCCCC)c(OC)c2)nc1C. The predicted molar refractivity (Wildman–Crippen MR) is 157 cm³/mol. The van der Waals surface area contributed by atoms with Crippen molar-refractivity contribution < 1.29 is 33.7 Å². The third kappa shape index (κ3) is 5.89. The number of unbranched alkanes of at least 4 members (excludes halogenated alkanes) is 1. The van der Waals surface area contributed by atoms with Crippen LogP contribution < -0.4 is 14.4 Å². The molecule has 1 amide bonds. The molecular weight excluding hydrogens is 566 g/mol. The lowest BCUT2D eigenvalue weighted by atomic mass is 9.95. The first-order valence-corrected chi connectivity index (χ1v) is 14.6. The van der Waals surface area contributed by atoms with E-state index in [0.717, 1.165) is 24.2 Å². The number of rotatable bonds is 12. The maximum Gasteiger partial charge on any atom is 0.350 e. The summed E-state index contributed by atoms with van der Waals surface area (Å²) >= 11 is 2.12. The molecule has 0 saturated carbocycles. The number of anilines is 1. The highest BCUT2D eigenvalue weighted by molar-refractivity contribution is 7.17. The number of amides is 1. The van der Waals surface area contributed by atoms with Gasteiger partial charge in [0.2, 0.25) is 5.78 Å². The van der Waals surface area contributed by atoms with Crippen LogP contribution in [0.3, 0.4) is 0 Å². The van der Waals surface area contributed by atoms with Crippen LogP contribution in [0.1, 0.15) is 67.1 Å². The predicted octanol–water partition coefficient (Wildman–Crippen LogP) is 5.84. The Kier molecular flexibility index (Phi) is 9.24. The number of hydrogen-bond acceptors (Lipinski definition) is 11. The van der Waals surface area contributed by atoms with Gasteiger partial charge in [0.1, 0.15) is 11.5 Å². The van der Waals surface area contributed by atoms with E-state index in [9.17, 15) is 19.5 Å². The van der Waals surface area contributed by atoms with Gasteiger partial charge in [-0.3, -0.25) is 14.5 Å². The minimum atomic E-state index is -1.07. The van der Waals surface area contributed by atoms with Crippen LogP contribution in [-0.2, 0) is 9.53 Å². The number of aliphatic hydroxyl groups excluding tert-OH is 1. The number of aliphatic hydroxyl groups is 1. The Labute approximate surface area is 245 Å². The molecule has 10 nitrogen and oxygen atoms in total. The van der Waals surface area contributed by atoms with E-state index in [-0.39, 0.29) is 22.2 Å². The van der Waals surface area contributed by atoms with Gasteiger partial charge in [0, 0.05) is 0 Å². The van der Waals surface area contributed by atoms with E-state index in [1.807, 2.05) is 0 Å². The number of benzene rings is 1.